The first kappa shape index (κ1) is 11.1. The molecular formula is C12H17BrN2. The highest BCUT2D eigenvalue weighted by molar-refractivity contribution is 9.10. The molecule has 1 aliphatic rings. The summed E-state index contributed by atoms with van der Waals surface area (Å²) in [5.41, 5.74) is 4.80. The average molecular weight is 269 g/mol. The topological polar surface area (TPSA) is 15.3 Å². The van der Waals surface area contributed by atoms with Crippen molar-refractivity contribution in [2.75, 3.05) is 13.1 Å². The average Bonchev–Trinajstić information content (AvgIpc) is 2.29. The normalized spacial score (nSPS) is 17.9. The Morgan fingerprint density at radius 3 is 2.60 bits per heavy atom. The Balaban J connectivity index is 1.84. The van der Waals surface area contributed by atoms with E-state index in [1.165, 1.54) is 42.4 Å². The van der Waals surface area contributed by atoms with Crippen LogP contribution in [0.4, 0.5) is 0 Å². The van der Waals surface area contributed by atoms with Crippen molar-refractivity contribution >= 4 is 15.9 Å². The van der Waals surface area contributed by atoms with Crippen molar-refractivity contribution in [2.24, 2.45) is 0 Å². The molecule has 1 saturated heterocycles. The van der Waals surface area contributed by atoms with Gasteiger partial charge >= 0.3 is 0 Å². The highest BCUT2D eigenvalue weighted by atomic mass is 79.9. The van der Waals surface area contributed by atoms with Crippen LogP contribution >= 0.6 is 15.9 Å². The maximum absolute atomic E-state index is 3.56. The molecule has 2 rings (SSSR count). The first-order valence-electron chi connectivity index (χ1n) is 5.58. The second-order valence-corrected chi connectivity index (χ2v) is 4.83. The van der Waals surface area contributed by atoms with Gasteiger partial charge in [-0.25, -0.2) is 5.01 Å². The van der Waals surface area contributed by atoms with E-state index in [0.29, 0.717) is 0 Å². The largest absolute Gasteiger partial charge is 0.251 e. The van der Waals surface area contributed by atoms with E-state index in [9.17, 15) is 0 Å². The number of halogens is 1. The Labute approximate surface area is 99.8 Å². The molecule has 0 radical (unpaired) electrons. The van der Waals surface area contributed by atoms with Gasteiger partial charge in [0.15, 0.2) is 0 Å². The number of hydrazine groups is 1. The van der Waals surface area contributed by atoms with E-state index in [1.54, 1.807) is 0 Å². The van der Waals surface area contributed by atoms with Gasteiger partial charge in [0.25, 0.3) is 0 Å². The summed E-state index contributed by atoms with van der Waals surface area (Å²) in [6.07, 6.45) is 4.03. The fourth-order valence-corrected chi connectivity index (χ4v) is 2.32. The van der Waals surface area contributed by atoms with Crippen molar-refractivity contribution in [3.63, 3.8) is 0 Å². The molecule has 0 amide bonds. The van der Waals surface area contributed by atoms with Crippen molar-refractivity contribution in [1.29, 1.82) is 0 Å². The second-order valence-electron chi connectivity index (χ2n) is 3.97. The molecule has 0 unspecified atom stereocenters. The van der Waals surface area contributed by atoms with Crippen LogP contribution in [0.15, 0.2) is 28.7 Å². The molecule has 2 nitrogen and oxygen atoms in total. The van der Waals surface area contributed by atoms with Crippen LogP contribution in [0.3, 0.4) is 0 Å². The van der Waals surface area contributed by atoms with Crippen LogP contribution in [-0.4, -0.2) is 18.1 Å². The van der Waals surface area contributed by atoms with E-state index in [1.807, 2.05) is 0 Å². The molecule has 1 heterocycles. The quantitative estimate of drug-likeness (QED) is 0.907. The van der Waals surface area contributed by atoms with E-state index < -0.39 is 0 Å². The van der Waals surface area contributed by atoms with Crippen LogP contribution in [0.5, 0.6) is 0 Å². The number of nitrogens with one attached hydrogen (secondary N) is 1. The third kappa shape index (κ3) is 3.30. The van der Waals surface area contributed by atoms with Gasteiger partial charge in [-0.15, -0.1) is 0 Å². The standard InChI is InChI=1S/C12H17BrN2/c13-12-7-3-2-6-11(12)10-14-15-8-4-1-5-9-15/h2-3,6-7,14H,1,4-5,8-10H2. The maximum atomic E-state index is 3.56. The zero-order chi connectivity index (χ0) is 10.5. The fraction of sp³-hybridized carbons (Fsp3) is 0.500. The lowest BCUT2D eigenvalue weighted by atomic mass is 10.2. The smallest absolute Gasteiger partial charge is 0.0364 e. The minimum atomic E-state index is 0.918. The Morgan fingerprint density at radius 2 is 1.87 bits per heavy atom. The van der Waals surface area contributed by atoms with Crippen molar-refractivity contribution < 1.29 is 0 Å². The summed E-state index contributed by atoms with van der Waals surface area (Å²) in [7, 11) is 0. The first-order valence-corrected chi connectivity index (χ1v) is 6.37. The minimum absolute atomic E-state index is 0.918. The Morgan fingerprint density at radius 1 is 1.13 bits per heavy atom. The van der Waals surface area contributed by atoms with Gasteiger partial charge in [-0.3, -0.25) is 5.43 Å². The molecule has 0 aliphatic carbocycles. The predicted octanol–water partition coefficient (Wildman–Crippen LogP) is 2.94. The van der Waals surface area contributed by atoms with Crippen molar-refractivity contribution in [2.45, 2.75) is 25.8 Å². The molecule has 3 heteroatoms. The second kappa shape index (κ2) is 5.64. The summed E-state index contributed by atoms with van der Waals surface area (Å²) < 4.78 is 1.19. The SMILES string of the molecule is Brc1ccccc1CNN1CCCCC1. The molecule has 15 heavy (non-hydrogen) atoms. The maximum Gasteiger partial charge on any atom is 0.0364 e. The number of benzene rings is 1. The van der Waals surface area contributed by atoms with Crippen molar-refractivity contribution in [3.8, 4) is 0 Å². The molecule has 0 saturated carbocycles. The third-order valence-electron chi connectivity index (χ3n) is 2.81. The summed E-state index contributed by atoms with van der Waals surface area (Å²) in [4.78, 5) is 0. The van der Waals surface area contributed by atoms with Gasteiger partial charge in [0.2, 0.25) is 0 Å². The van der Waals surface area contributed by atoms with Crippen LogP contribution in [-0.2, 0) is 6.54 Å². The molecule has 0 atom stereocenters. The summed E-state index contributed by atoms with van der Waals surface area (Å²) >= 11 is 3.56. The fourth-order valence-electron chi connectivity index (χ4n) is 1.89. The van der Waals surface area contributed by atoms with Gasteiger partial charge in [-0.05, 0) is 24.5 Å². The van der Waals surface area contributed by atoms with Crippen LogP contribution in [0.25, 0.3) is 0 Å². The minimum Gasteiger partial charge on any atom is -0.251 e. The molecular weight excluding hydrogens is 252 g/mol. The molecule has 1 aromatic carbocycles. The van der Waals surface area contributed by atoms with Crippen LogP contribution < -0.4 is 5.43 Å². The van der Waals surface area contributed by atoms with Gasteiger partial charge in [0.1, 0.15) is 0 Å². The number of nitrogens with zero attached hydrogens (tertiary/aromatic N) is 1. The Hall–Kier alpha value is -0.380. The van der Waals surface area contributed by atoms with Gasteiger partial charge in [0.05, 0.1) is 0 Å². The van der Waals surface area contributed by atoms with Gasteiger partial charge in [-0.2, -0.15) is 0 Å². The zero-order valence-electron chi connectivity index (χ0n) is 8.88. The third-order valence-corrected chi connectivity index (χ3v) is 3.58. The number of piperidine rings is 1. The van der Waals surface area contributed by atoms with Gasteiger partial charge in [-0.1, -0.05) is 40.5 Å². The Bertz CT molecular complexity index is 308. The zero-order valence-corrected chi connectivity index (χ0v) is 10.5. The molecule has 0 spiro atoms. The van der Waals surface area contributed by atoms with Crippen molar-refractivity contribution in [1.82, 2.24) is 10.4 Å². The van der Waals surface area contributed by atoms with E-state index in [4.69, 9.17) is 0 Å². The monoisotopic (exact) mass is 268 g/mol. The van der Waals surface area contributed by atoms with Gasteiger partial charge < -0.3 is 0 Å². The molecule has 1 aliphatic heterocycles. The molecule has 1 aromatic rings. The van der Waals surface area contributed by atoms with Crippen LogP contribution in [0.2, 0.25) is 0 Å². The Kier molecular flexibility index (Phi) is 4.18. The van der Waals surface area contributed by atoms with E-state index in [2.05, 4.69) is 50.6 Å². The lowest BCUT2D eigenvalue weighted by Gasteiger charge is -2.27. The van der Waals surface area contributed by atoms with Crippen LogP contribution in [0, 0.1) is 0 Å². The molecule has 1 fully saturated rings. The molecule has 82 valence electrons. The highest BCUT2D eigenvalue weighted by Gasteiger charge is 2.09. The lowest BCUT2D eigenvalue weighted by Crippen LogP contribution is -2.41. The number of hydrogen-bond donors (Lipinski definition) is 1. The predicted molar refractivity (Wildman–Crippen MR) is 66.4 cm³/mol. The summed E-state index contributed by atoms with van der Waals surface area (Å²) in [5.74, 6) is 0. The highest BCUT2D eigenvalue weighted by Crippen LogP contribution is 2.16. The van der Waals surface area contributed by atoms with Gasteiger partial charge in [0, 0.05) is 24.1 Å². The summed E-state index contributed by atoms with van der Waals surface area (Å²) in [5, 5.41) is 2.34. The number of hydrogen-bond acceptors (Lipinski definition) is 2. The van der Waals surface area contributed by atoms with E-state index in [0.717, 1.165) is 6.54 Å². The summed E-state index contributed by atoms with van der Waals surface area (Å²) in [6, 6.07) is 8.38. The van der Waals surface area contributed by atoms with E-state index in [-0.39, 0.29) is 0 Å². The summed E-state index contributed by atoms with van der Waals surface area (Å²) in [6.45, 7) is 3.29. The lowest BCUT2D eigenvalue weighted by molar-refractivity contribution is 0.151. The van der Waals surface area contributed by atoms with Crippen molar-refractivity contribution in [3.05, 3.63) is 34.3 Å². The van der Waals surface area contributed by atoms with Crippen LogP contribution in [0.1, 0.15) is 24.8 Å². The first-order chi connectivity index (χ1) is 7.36. The number of rotatable bonds is 3. The van der Waals surface area contributed by atoms with E-state index >= 15 is 0 Å². The molecule has 1 N–H and O–H groups in total. The molecule has 0 aromatic heterocycles. The molecule has 0 bridgehead atoms.